The van der Waals surface area contributed by atoms with Crippen LogP contribution in [-0.2, 0) is 14.3 Å². The molecule has 0 saturated heterocycles. The van der Waals surface area contributed by atoms with E-state index in [-0.39, 0.29) is 6.61 Å². The number of carbonyl (C=O) groups is 2. The summed E-state index contributed by atoms with van der Waals surface area (Å²) in [5.41, 5.74) is 0. The predicted octanol–water partition coefficient (Wildman–Crippen LogP) is 3.12. The van der Waals surface area contributed by atoms with E-state index in [9.17, 15) is 9.59 Å². The van der Waals surface area contributed by atoms with E-state index >= 15 is 0 Å². The monoisotopic (exact) mass is 348 g/mol. The number of nitrogens with one attached hydrogen (secondary N) is 2. The maximum absolute atomic E-state index is 10.4. The molecule has 3 N–H and O–H groups in total. The average Bonchev–Trinajstić information content (AvgIpc) is 2.50. The second kappa shape index (κ2) is 24.2. The fourth-order valence-corrected chi connectivity index (χ4v) is 0.937. The lowest BCUT2D eigenvalue weighted by atomic mass is 10.0. The molecule has 6 nitrogen and oxygen atoms in total. The Balaban J connectivity index is -0.000000252. The first-order chi connectivity index (χ1) is 9.99. The van der Waals surface area contributed by atoms with E-state index in [0.29, 0.717) is 35.7 Å². The summed E-state index contributed by atoms with van der Waals surface area (Å²) in [7, 11) is 0.980. The van der Waals surface area contributed by atoms with Crippen molar-refractivity contribution in [3.05, 3.63) is 25.3 Å². The van der Waals surface area contributed by atoms with E-state index in [1.807, 2.05) is 0 Å². The highest BCUT2D eigenvalue weighted by molar-refractivity contribution is 7.62. The minimum atomic E-state index is -0.509. The molecule has 11 heteroatoms. The number of esters is 1. The smallest absolute Gasteiger partial charge is 0.330 e. The maximum Gasteiger partial charge on any atom is 0.330 e. The predicted molar refractivity (Wildman–Crippen MR) is 89.7 cm³/mol. The summed E-state index contributed by atoms with van der Waals surface area (Å²) < 4.78 is 4.62. The molecule has 0 saturated carbocycles. The van der Waals surface area contributed by atoms with Crippen LogP contribution in [0.5, 0.6) is 0 Å². The molecule has 0 aromatic heterocycles. The van der Waals surface area contributed by atoms with Gasteiger partial charge in [-0.15, -0.1) is 0 Å². The van der Waals surface area contributed by atoms with Crippen LogP contribution >= 0.6 is 28.1 Å². The molecule has 0 aliphatic rings. The third kappa shape index (κ3) is 38.2. The minimum Gasteiger partial charge on any atom is -0.463 e. The molecule has 0 bridgehead atoms. The number of aliphatic hydroxyl groups excluding tert-OH is 1. The van der Waals surface area contributed by atoms with E-state index in [4.69, 9.17) is 27.0 Å². The van der Waals surface area contributed by atoms with Crippen molar-refractivity contribution in [2.75, 3.05) is 13.2 Å². The molecule has 21 heavy (non-hydrogen) atoms. The van der Waals surface area contributed by atoms with E-state index in [2.05, 4.69) is 17.9 Å². The number of aliphatic hydroxyl groups is 1. The van der Waals surface area contributed by atoms with Crippen LogP contribution in [0.3, 0.4) is 0 Å². The normalized spacial score (nSPS) is 8.29. The van der Waals surface area contributed by atoms with Crippen molar-refractivity contribution in [3.8, 4) is 0 Å². The van der Waals surface area contributed by atoms with Gasteiger partial charge in [0.05, 0.1) is 6.61 Å². The van der Waals surface area contributed by atoms with Gasteiger partial charge in [0.1, 0.15) is 0 Å². The number of allylic oxidation sites excluding steroid dienone is 1. The maximum atomic E-state index is 10.4. The Morgan fingerprint density at radius 1 is 1.19 bits per heavy atom. The molecule has 0 aliphatic carbocycles. The van der Waals surface area contributed by atoms with Crippen LogP contribution in [0.4, 0.5) is 0 Å². The molecule has 0 rings (SSSR count). The van der Waals surface area contributed by atoms with E-state index in [1.165, 1.54) is 0 Å². The fraction of sp³-hybridized carbons (Fsp3) is 0.400. The van der Waals surface area contributed by atoms with Gasteiger partial charge in [-0.05, 0) is 30.3 Å². The van der Waals surface area contributed by atoms with Crippen molar-refractivity contribution < 1.29 is 19.4 Å². The zero-order valence-corrected chi connectivity index (χ0v) is 14.0. The molecule has 0 amide bonds. The number of carbonyl (C=O) groups excluding carboxylic acids is 2. The van der Waals surface area contributed by atoms with Crippen LogP contribution in [0.1, 0.15) is 0 Å². The summed E-state index contributed by atoms with van der Waals surface area (Å²) in [6.45, 7) is 10.2. The quantitative estimate of drug-likeness (QED) is 0.148. The molecule has 0 unspecified atom stereocenters. The Bertz CT molecular complexity index is 336. The van der Waals surface area contributed by atoms with Gasteiger partial charge < -0.3 is 9.84 Å². The molecule has 0 atom stereocenters. The van der Waals surface area contributed by atoms with Gasteiger partial charge >= 0.3 is 5.97 Å². The van der Waals surface area contributed by atoms with Crippen molar-refractivity contribution >= 4 is 53.3 Å². The van der Waals surface area contributed by atoms with Crippen molar-refractivity contribution in [2.45, 2.75) is 12.6 Å². The Kier molecular flexibility index (Phi) is 29.0. The fourth-order valence-electron chi connectivity index (χ4n) is 0.458. The highest BCUT2D eigenvalue weighted by Gasteiger charge is 1.93. The van der Waals surface area contributed by atoms with Gasteiger partial charge in [0, 0.05) is 12.7 Å². The largest absolute Gasteiger partial charge is 0.463 e. The van der Waals surface area contributed by atoms with E-state index in [0.717, 1.165) is 12.2 Å². The molecule has 0 aromatic carbocycles. The summed E-state index contributed by atoms with van der Waals surface area (Å²) in [6, 6.07) is 0. The topological polar surface area (TPSA) is 111 Å². The number of ether oxygens (including phenoxy) is 1. The van der Waals surface area contributed by atoms with E-state index in [1.54, 1.807) is 14.0 Å². The van der Waals surface area contributed by atoms with Crippen molar-refractivity contribution in [2.24, 2.45) is 0 Å². The second-order valence-corrected chi connectivity index (χ2v) is 4.42. The Hall–Kier alpha value is -0.800. The van der Waals surface area contributed by atoms with Crippen LogP contribution in [-0.4, -0.2) is 43.5 Å². The van der Waals surface area contributed by atoms with Crippen LogP contribution in [0.25, 0.3) is 0 Å². The molecule has 0 aromatic rings. The first-order valence-corrected chi connectivity index (χ1v) is 7.89. The van der Waals surface area contributed by atoms with Crippen molar-refractivity contribution in [3.63, 3.8) is 0 Å². The number of hydrogen-bond donors (Lipinski definition) is 3. The summed E-state index contributed by atoms with van der Waals surface area (Å²) in [5, 5.41) is 20.8. The molecule has 0 heterocycles. The molecule has 2 radical (unpaired) electrons. The first kappa shape index (κ1) is 25.2. The van der Waals surface area contributed by atoms with Gasteiger partial charge in [-0.3, -0.25) is 15.1 Å². The summed E-state index contributed by atoms with van der Waals surface area (Å²) in [5.74, 6) is -0.407. The Morgan fingerprint density at radius 2 is 1.67 bits per heavy atom. The van der Waals surface area contributed by atoms with Gasteiger partial charge in [-0.2, -0.15) is 0 Å². The molecular weight excluding hydrogens is 331 g/mol. The molecule has 0 spiro atoms. The molecule has 0 fully saturated rings. The minimum absolute atomic E-state index is 0.172. The lowest BCUT2D eigenvalue weighted by Crippen LogP contribution is -2.01. The zero-order valence-electron chi connectivity index (χ0n) is 11.5. The second-order valence-electron chi connectivity index (χ2n) is 2.80. The zero-order chi connectivity index (χ0) is 16.9. The van der Waals surface area contributed by atoms with E-state index < -0.39 is 11.2 Å². The highest BCUT2D eigenvalue weighted by Crippen LogP contribution is 1.93. The lowest BCUT2D eigenvalue weighted by molar-refractivity contribution is -0.137. The summed E-state index contributed by atoms with van der Waals surface area (Å²) >= 11 is 4.71. The van der Waals surface area contributed by atoms with Gasteiger partial charge in [0.15, 0.2) is 0 Å². The summed E-state index contributed by atoms with van der Waals surface area (Å²) in [6.07, 6.45) is 3.44. The number of hydrogen-bond acceptors (Lipinski definition) is 6. The Morgan fingerprint density at radius 3 is 1.95 bits per heavy atom. The SMILES string of the molecule is C=CC(=O)Cl.C=CC(=O)OCC[B]P=N.N=P[B]CCO. The molecule has 114 valence electrons. The molecular formula is C10H17B2ClN2O4P2. The third-order valence-electron chi connectivity index (χ3n) is 1.26. The third-order valence-corrected chi connectivity index (χ3v) is 2.30. The summed E-state index contributed by atoms with van der Waals surface area (Å²) in [4.78, 5) is 19.8. The first-order valence-electron chi connectivity index (χ1n) is 5.58. The highest BCUT2D eigenvalue weighted by atomic mass is 35.5. The van der Waals surface area contributed by atoms with Gasteiger partial charge in [0.2, 0.25) is 19.2 Å². The number of halogens is 1. The van der Waals surface area contributed by atoms with Gasteiger partial charge in [0.25, 0.3) is 0 Å². The van der Waals surface area contributed by atoms with Crippen LogP contribution in [0.2, 0.25) is 12.6 Å². The number of rotatable bonds is 9. The Labute approximate surface area is 134 Å². The van der Waals surface area contributed by atoms with Crippen LogP contribution < -0.4 is 0 Å². The van der Waals surface area contributed by atoms with Crippen LogP contribution in [0.15, 0.2) is 25.3 Å². The van der Waals surface area contributed by atoms with Crippen LogP contribution in [0, 0.1) is 10.3 Å². The van der Waals surface area contributed by atoms with Gasteiger partial charge in [-0.1, -0.05) is 29.7 Å². The van der Waals surface area contributed by atoms with Crippen molar-refractivity contribution in [1.82, 2.24) is 0 Å². The lowest BCUT2D eigenvalue weighted by Gasteiger charge is -1.96. The molecule has 0 aliphatic heterocycles. The standard InChI is InChI=1S/C5H8BNO2P.C3H3ClO.C2H6BNOP/c1-2-5(8)9-4-3-6-10-7;1-2-3(4)5;4-6-3-1-2-5/h2,7H,1,3-4H2;2H,1H2;4-5H,1-2H2. The van der Waals surface area contributed by atoms with Gasteiger partial charge in [-0.25, -0.2) is 4.79 Å². The van der Waals surface area contributed by atoms with Crippen molar-refractivity contribution in [1.29, 1.82) is 10.3 Å². The average molecular weight is 348 g/mol.